The van der Waals surface area contributed by atoms with Crippen molar-refractivity contribution < 1.29 is 33.4 Å². The van der Waals surface area contributed by atoms with Crippen molar-refractivity contribution in [1.29, 1.82) is 0 Å². The summed E-state index contributed by atoms with van der Waals surface area (Å²) < 4.78 is 22.0. The number of amides is 4. The molecule has 0 saturated carbocycles. The molecule has 6 aliphatic rings. The number of piperazine rings is 1. The van der Waals surface area contributed by atoms with E-state index in [4.69, 9.17) is 16.3 Å². The van der Waals surface area contributed by atoms with Crippen molar-refractivity contribution in [2.75, 3.05) is 56.7 Å². The molecule has 4 aromatic carbocycles. The van der Waals surface area contributed by atoms with E-state index in [1.807, 2.05) is 42.5 Å². The van der Waals surface area contributed by atoms with Crippen LogP contribution in [0.3, 0.4) is 0 Å². The van der Waals surface area contributed by atoms with Crippen LogP contribution in [0.1, 0.15) is 82.4 Å². The second kappa shape index (κ2) is 18.0. The summed E-state index contributed by atoms with van der Waals surface area (Å²) in [6.07, 6.45) is 4.93. The number of imide groups is 2. The SMILES string of the molecule is O=C1CCC(N2C(=O)c3cc(F)c(N4CC5CCC4CN5CC4CCN(CCOc5ccc(C(=C(CCCl)c6ccccc6)c6ccc(O)cc6)cc5)CC4)cc3C2=O)C(=O)N1. The maximum atomic E-state index is 15.8. The lowest BCUT2D eigenvalue weighted by atomic mass is 9.87. The van der Waals surface area contributed by atoms with Crippen LogP contribution in [0.15, 0.2) is 91.0 Å². The molecule has 13 heteroatoms. The van der Waals surface area contributed by atoms with Gasteiger partial charge < -0.3 is 14.7 Å². The Morgan fingerprint density at radius 1 is 0.790 bits per heavy atom. The second-order valence-electron chi connectivity index (χ2n) is 17.2. The van der Waals surface area contributed by atoms with Crippen LogP contribution in [0, 0.1) is 11.7 Å². The zero-order valence-corrected chi connectivity index (χ0v) is 35.4. The molecule has 6 heterocycles. The standard InChI is InChI=1S/C49H51ClFN5O6/c50-21-18-39(32-4-2-1-3-5-32)46(33-6-12-37(57)13-7-33)34-8-14-38(15-9-34)62-25-24-53-22-19-31(20-23-53)28-54-29-36-11-10-35(54)30-55(36)44-27-41-40(26-42(44)51)48(60)56(49(41)61)43-16-17-45(58)52-47(43)59/h1-9,12-15,26-27,31,35-36,43,57H,10-11,16-25,28-30H2,(H,52,58,59). The number of nitrogens with zero attached hydrogens (tertiary/aromatic N) is 4. The monoisotopic (exact) mass is 859 g/mol. The van der Waals surface area contributed by atoms with Crippen LogP contribution in [0.5, 0.6) is 11.5 Å². The first kappa shape index (κ1) is 41.8. The van der Waals surface area contributed by atoms with Crippen molar-refractivity contribution in [2.24, 2.45) is 5.92 Å². The lowest BCUT2D eigenvalue weighted by Crippen LogP contribution is -2.63. The summed E-state index contributed by atoms with van der Waals surface area (Å²) in [5.41, 5.74) is 5.78. The van der Waals surface area contributed by atoms with Gasteiger partial charge in [-0.2, -0.15) is 0 Å². The van der Waals surface area contributed by atoms with Gasteiger partial charge in [0.25, 0.3) is 11.8 Å². The van der Waals surface area contributed by atoms with Crippen LogP contribution in [0.2, 0.25) is 0 Å². The number of carbonyl (C=O) groups excluding carboxylic acids is 4. The molecular weight excluding hydrogens is 809 g/mol. The van der Waals surface area contributed by atoms with E-state index in [0.29, 0.717) is 37.1 Å². The summed E-state index contributed by atoms with van der Waals surface area (Å²) in [6, 6.07) is 27.7. The Labute approximate surface area is 366 Å². The number of fused-ring (bicyclic) bond motifs is 4. The number of nitrogens with one attached hydrogen (secondary N) is 1. The van der Waals surface area contributed by atoms with Crippen molar-refractivity contribution in [2.45, 2.75) is 63.1 Å². The molecule has 11 nitrogen and oxygen atoms in total. The van der Waals surface area contributed by atoms with Crippen molar-refractivity contribution in [3.8, 4) is 11.5 Å². The number of benzene rings is 4. The van der Waals surface area contributed by atoms with Gasteiger partial charge in [0.05, 0.1) is 16.8 Å². The number of phenolic OH excluding ortho intramolecular Hbond substituents is 1. The Morgan fingerprint density at radius 3 is 2.13 bits per heavy atom. The van der Waals surface area contributed by atoms with Gasteiger partial charge in [-0.3, -0.25) is 39.2 Å². The van der Waals surface area contributed by atoms with Gasteiger partial charge in [0.15, 0.2) is 0 Å². The highest BCUT2D eigenvalue weighted by atomic mass is 35.5. The number of phenols is 1. The maximum absolute atomic E-state index is 15.8. The molecule has 4 amide bonds. The molecule has 0 radical (unpaired) electrons. The lowest BCUT2D eigenvalue weighted by molar-refractivity contribution is -0.136. The summed E-state index contributed by atoms with van der Waals surface area (Å²) in [6.45, 7) is 5.91. The van der Waals surface area contributed by atoms with Crippen LogP contribution in [0.4, 0.5) is 10.1 Å². The molecule has 0 aromatic heterocycles. The first-order valence-corrected chi connectivity index (χ1v) is 22.3. The van der Waals surface area contributed by atoms with Crippen LogP contribution in [-0.2, 0) is 9.59 Å². The molecule has 4 aromatic rings. The van der Waals surface area contributed by atoms with Crippen LogP contribution < -0.4 is 15.0 Å². The van der Waals surface area contributed by atoms with E-state index in [2.05, 4.69) is 44.3 Å². The van der Waals surface area contributed by atoms with Crippen molar-refractivity contribution in [1.82, 2.24) is 20.0 Å². The molecule has 6 aliphatic heterocycles. The molecule has 10 rings (SSSR count). The number of hydrogen-bond donors (Lipinski definition) is 2. The van der Waals surface area contributed by atoms with Crippen molar-refractivity contribution in [3.63, 3.8) is 0 Å². The summed E-state index contributed by atoms with van der Waals surface area (Å²) in [7, 11) is 0. The fourth-order valence-corrected chi connectivity index (χ4v) is 10.3. The molecule has 0 spiro atoms. The maximum Gasteiger partial charge on any atom is 0.262 e. The molecule has 2 bridgehead atoms. The van der Waals surface area contributed by atoms with Gasteiger partial charge in [0, 0.05) is 50.6 Å². The summed E-state index contributed by atoms with van der Waals surface area (Å²) in [5.74, 6) is -0.906. The minimum atomic E-state index is -1.09. The van der Waals surface area contributed by atoms with Crippen LogP contribution in [0.25, 0.3) is 11.1 Å². The normalized spacial score (nSPS) is 22.5. The van der Waals surface area contributed by atoms with E-state index in [-0.39, 0.29) is 41.8 Å². The first-order valence-electron chi connectivity index (χ1n) is 21.8. The summed E-state index contributed by atoms with van der Waals surface area (Å²) in [4.78, 5) is 58.9. The van der Waals surface area contributed by atoms with Crippen molar-refractivity contribution in [3.05, 3.63) is 125 Å². The molecule has 0 aliphatic carbocycles. The molecular formula is C49H51ClFN5O6. The first-order chi connectivity index (χ1) is 30.1. The Morgan fingerprint density at radius 2 is 1.47 bits per heavy atom. The molecule has 5 saturated heterocycles. The topological polar surface area (TPSA) is 123 Å². The number of aromatic hydroxyl groups is 1. The third-order valence-electron chi connectivity index (χ3n) is 13.4. The largest absolute Gasteiger partial charge is 0.508 e. The average molecular weight is 860 g/mol. The highest BCUT2D eigenvalue weighted by Gasteiger charge is 2.47. The quantitative estimate of drug-likeness (QED) is 0.0835. The third kappa shape index (κ3) is 8.48. The Bertz CT molecular complexity index is 2370. The van der Waals surface area contributed by atoms with Gasteiger partial charge in [-0.15, -0.1) is 11.6 Å². The number of likely N-dealkylation sites (tertiary alicyclic amines) is 1. The Hall–Kier alpha value is -5.56. The lowest BCUT2D eigenvalue weighted by Gasteiger charge is -2.53. The Kier molecular flexibility index (Phi) is 12.2. The zero-order valence-electron chi connectivity index (χ0n) is 34.6. The number of halogens is 2. The molecule has 62 heavy (non-hydrogen) atoms. The molecule has 2 N–H and O–H groups in total. The third-order valence-corrected chi connectivity index (χ3v) is 13.6. The van der Waals surface area contributed by atoms with Gasteiger partial charge in [-0.05, 0) is 122 Å². The van der Waals surface area contributed by atoms with E-state index in [0.717, 1.165) is 103 Å². The molecule has 322 valence electrons. The number of anilines is 1. The van der Waals surface area contributed by atoms with Gasteiger partial charge in [-0.25, -0.2) is 4.39 Å². The summed E-state index contributed by atoms with van der Waals surface area (Å²) in [5, 5.41) is 12.2. The van der Waals surface area contributed by atoms with Gasteiger partial charge in [-0.1, -0.05) is 54.6 Å². The van der Waals surface area contributed by atoms with E-state index in [1.54, 1.807) is 12.1 Å². The minimum Gasteiger partial charge on any atom is -0.508 e. The Balaban J connectivity index is 0.769. The molecule has 5 fully saturated rings. The van der Waals surface area contributed by atoms with Crippen LogP contribution >= 0.6 is 11.6 Å². The number of allylic oxidation sites excluding steroid dienone is 1. The van der Waals surface area contributed by atoms with Crippen LogP contribution in [-0.4, -0.2) is 113 Å². The minimum absolute atomic E-state index is 0.0269. The predicted molar refractivity (Wildman–Crippen MR) is 236 cm³/mol. The number of ether oxygens (including phenoxy) is 1. The van der Waals surface area contributed by atoms with E-state index in [1.165, 1.54) is 6.07 Å². The smallest absolute Gasteiger partial charge is 0.262 e. The van der Waals surface area contributed by atoms with Crippen molar-refractivity contribution >= 4 is 52.1 Å². The zero-order chi connectivity index (χ0) is 42.9. The highest BCUT2D eigenvalue weighted by molar-refractivity contribution is 6.24. The van der Waals surface area contributed by atoms with E-state index < -0.39 is 35.5 Å². The van der Waals surface area contributed by atoms with Gasteiger partial charge in [0.2, 0.25) is 11.8 Å². The summed E-state index contributed by atoms with van der Waals surface area (Å²) >= 11 is 6.33. The number of alkyl halides is 1. The highest BCUT2D eigenvalue weighted by Crippen LogP contribution is 2.39. The van der Waals surface area contributed by atoms with E-state index >= 15 is 4.39 Å². The second-order valence-corrected chi connectivity index (χ2v) is 17.5. The van der Waals surface area contributed by atoms with Gasteiger partial charge in [0.1, 0.15) is 30.0 Å². The fraction of sp³-hybridized carbons (Fsp3) is 0.388. The van der Waals surface area contributed by atoms with Gasteiger partial charge >= 0.3 is 0 Å². The number of piperidine rings is 4. The predicted octanol–water partition coefficient (Wildman–Crippen LogP) is 6.96. The molecule has 3 unspecified atom stereocenters. The number of carbonyl (C=O) groups is 4. The molecule has 3 atom stereocenters. The average Bonchev–Trinajstić information content (AvgIpc) is 3.52. The fourth-order valence-electron chi connectivity index (χ4n) is 10.2. The van der Waals surface area contributed by atoms with E-state index in [9.17, 15) is 24.3 Å². The number of rotatable bonds is 13. The number of hydrogen-bond acceptors (Lipinski definition) is 9.